The minimum absolute atomic E-state index is 0.327. The first-order valence-electron chi connectivity index (χ1n) is 6.97. The van der Waals surface area contributed by atoms with E-state index in [4.69, 9.17) is 11.6 Å². The molecule has 20 heavy (non-hydrogen) atoms. The lowest BCUT2D eigenvalue weighted by Gasteiger charge is -2.20. The Kier molecular flexibility index (Phi) is 5.93. The van der Waals surface area contributed by atoms with Crippen molar-refractivity contribution < 1.29 is 0 Å². The number of anilines is 1. The Bertz CT molecular complexity index is 542. The molecule has 0 aromatic heterocycles. The SMILES string of the molecule is CCCCC(Nc1ccc(Br)c(Cl)c1)c1ccccc1. The number of nitrogens with one attached hydrogen (secondary N) is 1. The molecule has 1 atom stereocenters. The van der Waals surface area contributed by atoms with Gasteiger partial charge in [0.05, 0.1) is 11.1 Å². The molecule has 106 valence electrons. The van der Waals surface area contributed by atoms with E-state index in [0.29, 0.717) is 6.04 Å². The van der Waals surface area contributed by atoms with E-state index < -0.39 is 0 Å². The molecule has 0 bridgehead atoms. The molecule has 2 aromatic rings. The monoisotopic (exact) mass is 351 g/mol. The standard InChI is InChI=1S/C17H19BrClN/c1-2-3-9-17(13-7-5-4-6-8-13)20-14-10-11-15(18)16(19)12-14/h4-8,10-12,17,20H,2-3,9H2,1H3. The third-order valence-electron chi connectivity index (χ3n) is 3.31. The predicted molar refractivity (Wildman–Crippen MR) is 91.5 cm³/mol. The van der Waals surface area contributed by atoms with Crippen molar-refractivity contribution >= 4 is 33.2 Å². The highest BCUT2D eigenvalue weighted by atomic mass is 79.9. The summed E-state index contributed by atoms with van der Waals surface area (Å²) in [6, 6.07) is 16.9. The van der Waals surface area contributed by atoms with Crippen LogP contribution in [0.5, 0.6) is 0 Å². The lowest BCUT2D eigenvalue weighted by molar-refractivity contribution is 0.634. The van der Waals surface area contributed by atoms with Crippen LogP contribution in [-0.2, 0) is 0 Å². The lowest BCUT2D eigenvalue weighted by atomic mass is 10.0. The highest BCUT2D eigenvalue weighted by Crippen LogP contribution is 2.29. The Balaban J connectivity index is 2.17. The second kappa shape index (κ2) is 7.70. The predicted octanol–water partition coefficient (Wildman–Crippen LogP) is 6.45. The van der Waals surface area contributed by atoms with E-state index in [2.05, 4.69) is 64.6 Å². The van der Waals surface area contributed by atoms with Crippen molar-refractivity contribution in [3.05, 3.63) is 63.6 Å². The first-order chi connectivity index (χ1) is 9.70. The van der Waals surface area contributed by atoms with Crippen LogP contribution in [-0.4, -0.2) is 0 Å². The summed E-state index contributed by atoms with van der Waals surface area (Å²) < 4.78 is 0.925. The van der Waals surface area contributed by atoms with E-state index >= 15 is 0 Å². The van der Waals surface area contributed by atoms with Crippen molar-refractivity contribution in [3.63, 3.8) is 0 Å². The number of rotatable bonds is 6. The molecule has 0 aliphatic rings. The molecule has 1 nitrogen and oxygen atoms in total. The molecule has 0 heterocycles. The van der Waals surface area contributed by atoms with E-state index in [9.17, 15) is 0 Å². The average molecular weight is 353 g/mol. The topological polar surface area (TPSA) is 12.0 Å². The maximum atomic E-state index is 6.16. The van der Waals surface area contributed by atoms with E-state index in [1.807, 2.05) is 12.1 Å². The summed E-state index contributed by atoms with van der Waals surface area (Å²) >= 11 is 9.58. The highest BCUT2D eigenvalue weighted by molar-refractivity contribution is 9.10. The number of hydrogen-bond acceptors (Lipinski definition) is 1. The maximum Gasteiger partial charge on any atom is 0.0568 e. The minimum Gasteiger partial charge on any atom is -0.378 e. The zero-order valence-corrected chi connectivity index (χ0v) is 13.9. The van der Waals surface area contributed by atoms with Gasteiger partial charge in [-0.1, -0.05) is 61.7 Å². The van der Waals surface area contributed by atoms with Gasteiger partial charge in [0.2, 0.25) is 0 Å². The van der Waals surface area contributed by atoms with Crippen LogP contribution in [0.15, 0.2) is 53.0 Å². The molecule has 1 N–H and O–H groups in total. The van der Waals surface area contributed by atoms with Crippen LogP contribution in [0.1, 0.15) is 37.8 Å². The zero-order chi connectivity index (χ0) is 14.4. The molecular formula is C17H19BrClN. The number of benzene rings is 2. The van der Waals surface area contributed by atoms with Crippen LogP contribution in [0, 0.1) is 0 Å². The minimum atomic E-state index is 0.327. The Hall–Kier alpha value is -0.990. The highest BCUT2D eigenvalue weighted by Gasteiger charge is 2.11. The molecule has 0 saturated heterocycles. The van der Waals surface area contributed by atoms with E-state index in [-0.39, 0.29) is 0 Å². The Morgan fingerprint density at radius 3 is 2.55 bits per heavy atom. The summed E-state index contributed by atoms with van der Waals surface area (Å²) in [4.78, 5) is 0. The van der Waals surface area contributed by atoms with Crippen molar-refractivity contribution in [2.45, 2.75) is 32.2 Å². The summed E-state index contributed by atoms with van der Waals surface area (Å²) in [7, 11) is 0. The molecule has 2 rings (SSSR count). The van der Waals surface area contributed by atoms with Gasteiger partial charge in [-0.25, -0.2) is 0 Å². The van der Waals surface area contributed by atoms with Gasteiger partial charge in [0.25, 0.3) is 0 Å². The fraction of sp³-hybridized carbons (Fsp3) is 0.294. The second-order valence-electron chi connectivity index (χ2n) is 4.88. The fourth-order valence-electron chi connectivity index (χ4n) is 2.20. The fourth-order valence-corrected chi connectivity index (χ4v) is 2.63. The van der Waals surface area contributed by atoms with Crippen LogP contribution in [0.25, 0.3) is 0 Å². The van der Waals surface area contributed by atoms with Gasteiger partial charge in [-0.05, 0) is 46.1 Å². The molecule has 2 aromatic carbocycles. The number of hydrogen-bond donors (Lipinski definition) is 1. The molecule has 3 heteroatoms. The third kappa shape index (κ3) is 4.26. The molecule has 0 spiro atoms. The van der Waals surface area contributed by atoms with Gasteiger partial charge in [0, 0.05) is 10.2 Å². The van der Waals surface area contributed by atoms with E-state index in [1.165, 1.54) is 18.4 Å². The van der Waals surface area contributed by atoms with Crippen molar-refractivity contribution in [3.8, 4) is 0 Å². The lowest BCUT2D eigenvalue weighted by Crippen LogP contribution is -2.10. The summed E-state index contributed by atoms with van der Waals surface area (Å²) in [5, 5.41) is 4.33. The van der Waals surface area contributed by atoms with Crippen molar-refractivity contribution in [1.29, 1.82) is 0 Å². The largest absolute Gasteiger partial charge is 0.378 e. The summed E-state index contributed by atoms with van der Waals surface area (Å²) in [5.74, 6) is 0. The Morgan fingerprint density at radius 2 is 1.90 bits per heavy atom. The average Bonchev–Trinajstić information content (AvgIpc) is 2.48. The van der Waals surface area contributed by atoms with Crippen LogP contribution in [0.2, 0.25) is 5.02 Å². The van der Waals surface area contributed by atoms with Crippen LogP contribution >= 0.6 is 27.5 Å². The third-order valence-corrected chi connectivity index (χ3v) is 4.54. The van der Waals surface area contributed by atoms with Crippen LogP contribution in [0.4, 0.5) is 5.69 Å². The Morgan fingerprint density at radius 1 is 1.15 bits per heavy atom. The molecule has 0 amide bonds. The number of halogens is 2. The molecule has 0 fully saturated rings. The van der Waals surface area contributed by atoms with Crippen LogP contribution in [0.3, 0.4) is 0 Å². The van der Waals surface area contributed by atoms with Crippen molar-refractivity contribution in [2.24, 2.45) is 0 Å². The van der Waals surface area contributed by atoms with Gasteiger partial charge < -0.3 is 5.32 Å². The summed E-state index contributed by atoms with van der Waals surface area (Å²) in [6.07, 6.45) is 3.52. The quantitative estimate of drug-likeness (QED) is 0.630. The smallest absolute Gasteiger partial charge is 0.0568 e. The maximum absolute atomic E-state index is 6.16. The Labute approximate surface area is 134 Å². The second-order valence-corrected chi connectivity index (χ2v) is 6.14. The van der Waals surface area contributed by atoms with Gasteiger partial charge in [0.1, 0.15) is 0 Å². The first kappa shape index (κ1) is 15.4. The number of unbranched alkanes of at least 4 members (excludes halogenated alkanes) is 1. The summed E-state index contributed by atoms with van der Waals surface area (Å²) in [6.45, 7) is 2.22. The molecule has 0 aliphatic carbocycles. The van der Waals surface area contributed by atoms with E-state index in [1.54, 1.807) is 0 Å². The molecule has 0 aliphatic heterocycles. The molecule has 1 unspecified atom stereocenters. The van der Waals surface area contributed by atoms with Gasteiger partial charge >= 0.3 is 0 Å². The van der Waals surface area contributed by atoms with Crippen molar-refractivity contribution in [1.82, 2.24) is 0 Å². The molecule has 0 saturated carbocycles. The summed E-state index contributed by atoms with van der Waals surface area (Å²) in [5.41, 5.74) is 2.38. The normalized spacial score (nSPS) is 12.2. The van der Waals surface area contributed by atoms with Gasteiger partial charge in [0.15, 0.2) is 0 Å². The van der Waals surface area contributed by atoms with Crippen LogP contribution < -0.4 is 5.32 Å². The van der Waals surface area contributed by atoms with Gasteiger partial charge in [-0.15, -0.1) is 0 Å². The first-order valence-corrected chi connectivity index (χ1v) is 8.14. The van der Waals surface area contributed by atoms with Gasteiger partial charge in [-0.3, -0.25) is 0 Å². The molecular weight excluding hydrogens is 334 g/mol. The zero-order valence-electron chi connectivity index (χ0n) is 11.6. The van der Waals surface area contributed by atoms with E-state index in [0.717, 1.165) is 21.6 Å². The van der Waals surface area contributed by atoms with Crippen molar-refractivity contribution in [2.75, 3.05) is 5.32 Å². The van der Waals surface area contributed by atoms with Gasteiger partial charge in [-0.2, -0.15) is 0 Å². The molecule has 0 radical (unpaired) electrons.